The van der Waals surface area contributed by atoms with Crippen molar-refractivity contribution in [3.63, 3.8) is 0 Å². The molecule has 0 fully saturated rings. The van der Waals surface area contributed by atoms with Crippen molar-refractivity contribution >= 4 is 46.4 Å². The zero-order valence-corrected chi connectivity index (χ0v) is 21.5. The molecule has 0 unspecified atom stereocenters. The topological polar surface area (TPSA) is 63.1 Å². The van der Waals surface area contributed by atoms with Gasteiger partial charge in [0.25, 0.3) is 5.91 Å². The first-order valence-corrected chi connectivity index (χ1v) is 12.4. The molecule has 1 amide bonds. The average molecular weight is 545 g/mol. The molecule has 1 aliphatic rings. The number of aromatic nitrogens is 3. The fourth-order valence-electron chi connectivity index (χ4n) is 4.41. The highest BCUT2D eigenvalue weighted by molar-refractivity contribution is 6.44. The van der Waals surface area contributed by atoms with Crippen molar-refractivity contribution in [3.8, 4) is 11.1 Å². The number of pyridine rings is 1. The molecule has 1 aliphatic heterocycles. The second-order valence-corrected chi connectivity index (χ2v) is 9.67. The molecule has 2 aromatic heterocycles. The van der Waals surface area contributed by atoms with Gasteiger partial charge in [0.1, 0.15) is 11.0 Å². The van der Waals surface area contributed by atoms with Crippen LogP contribution in [0.3, 0.4) is 0 Å². The molecular weight excluding hydrogens is 524 g/mol. The standard InChI is InChI=1S/C26H21Cl3FN5O/c1-34-21-10-12-35(13-15-5-7-16(30)8-6-15)14-20(21)32-25(34)26(36)33-19-4-2-3-17(22(19)27)18-9-11-31-24(29)23(18)28/h2-9,11H,10,12-14H2,1H3,(H,33,36). The number of hydrogen-bond donors (Lipinski definition) is 1. The minimum absolute atomic E-state index is 0.173. The maximum atomic E-state index is 13.2. The lowest BCUT2D eigenvalue weighted by Crippen LogP contribution is -2.30. The van der Waals surface area contributed by atoms with Crippen molar-refractivity contribution in [2.45, 2.75) is 19.5 Å². The fourth-order valence-corrected chi connectivity index (χ4v) is 5.06. The number of nitrogens with zero attached hydrogens (tertiary/aromatic N) is 4. The van der Waals surface area contributed by atoms with Gasteiger partial charge in [0, 0.05) is 56.1 Å². The molecule has 0 aliphatic carbocycles. The van der Waals surface area contributed by atoms with Crippen LogP contribution in [0.4, 0.5) is 10.1 Å². The van der Waals surface area contributed by atoms with Gasteiger partial charge in [0.15, 0.2) is 5.82 Å². The molecule has 0 saturated carbocycles. The van der Waals surface area contributed by atoms with Crippen molar-refractivity contribution in [2.75, 3.05) is 11.9 Å². The van der Waals surface area contributed by atoms with Crippen LogP contribution in [-0.4, -0.2) is 31.9 Å². The summed E-state index contributed by atoms with van der Waals surface area (Å²) < 4.78 is 15.1. The van der Waals surface area contributed by atoms with Crippen LogP contribution in [0.1, 0.15) is 27.6 Å². The maximum absolute atomic E-state index is 13.2. The van der Waals surface area contributed by atoms with Crippen molar-refractivity contribution in [1.29, 1.82) is 0 Å². The van der Waals surface area contributed by atoms with Gasteiger partial charge in [-0.25, -0.2) is 14.4 Å². The molecule has 6 nitrogen and oxygen atoms in total. The zero-order chi connectivity index (χ0) is 25.4. The van der Waals surface area contributed by atoms with Crippen molar-refractivity contribution in [1.82, 2.24) is 19.4 Å². The Bertz CT molecular complexity index is 1450. The van der Waals surface area contributed by atoms with Gasteiger partial charge in [0.05, 0.1) is 21.4 Å². The number of hydrogen-bond acceptors (Lipinski definition) is 4. The number of nitrogens with one attached hydrogen (secondary N) is 1. The lowest BCUT2D eigenvalue weighted by Gasteiger charge is -2.26. The Hall–Kier alpha value is -2.97. The Balaban J connectivity index is 1.35. The normalized spacial score (nSPS) is 13.5. The van der Waals surface area contributed by atoms with Crippen molar-refractivity contribution in [2.24, 2.45) is 7.05 Å². The first-order chi connectivity index (χ1) is 17.3. The van der Waals surface area contributed by atoms with Gasteiger partial charge in [-0.3, -0.25) is 9.69 Å². The first-order valence-electron chi connectivity index (χ1n) is 11.2. The summed E-state index contributed by atoms with van der Waals surface area (Å²) in [5.41, 5.74) is 4.58. The molecule has 4 aromatic rings. The SMILES string of the molecule is Cn1c(C(=O)Nc2cccc(-c3ccnc(Cl)c3Cl)c2Cl)nc2c1CCN(Cc1ccc(F)cc1)C2. The van der Waals surface area contributed by atoms with Gasteiger partial charge in [-0.15, -0.1) is 0 Å². The Morgan fingerprint density at radius 2 is 1.81 bits per heavy atom. The molecule has 3 heterocycles. The molecular formula is C26H21Cl3FN5O. The van der Waals surface area contributed by atoms with E-state index in [9.17, 15) is 9.18 Å². The zero-order valence-electron chi connectivity index (χ0n) is 19.2. The maximum Gasteiger partial charge on any atom is 0.291 e. The number of amides is 1. The minimum atomic E-state index is -0.366. The Morgan fingerprint density at radius 3 is 2.58 bits per heavy atom. The Kier molecular flexibility index (Phi) is 6.99. The lowest BCUT2D eigenvalue weighted by molar-refractivity contribution is 0.101. The molecule has 36 heavy (non-hydrogen) atoms. The fraction of sp³-hybridized carbons (Fsp3) is 0.192. The summed E-state index contributed by atoms with van der Waals surface area (Å²) in [5, 5.41) is 3.67. The number of carbonyl (C=O) groups excluding carboxylic acids is 1. The predicted molar refractivity (Wildman–Crippen MR) is 140 cm³/mol. The number of fused-ring (bicyclic) bond motifs is 1. The summed E-state index contributed by atoms with van der Waals surface area (Å²) in [6.07, 6.45) is 2.30. The first kappa shape index (κ1) is 24.7. The Morgan fingerprint density at radius 1 is 1.06 bits per heavy atom. The van der Waals surface area contributed by atoms with E-state index >= 15 is 0 Å². The van der Waals surface area contributed by atoms with Gasteiger partial charge in [-0.1, -0.05) is 59.1 Å². The van der Waals surface area contributed by atoms with Gasteiger partial charge in [-0.2, -0.15) is 0 Å². The number of halogens is 4. The summed E-state index contributed by atoms with van der Waals surface area (Å²) in [6.45, 7) is 2.10. The van der Waals surface area contributed by atoms with Gasteiger partial charge in [-0.05, 0) is 29.8 Å². The van der Waals surface area contributed by atoms with E-state index in [-0.39, 0.29) is 21.9 Å². The highest BCUT2D eigenvalue weighted by atomic mass is 35.5. The van der Waals surface area contributed by atoms with Crippen LogP contribution < -0.4 is 5.32 Å². The van der Waals surface area contributed by atoms with E-state index in [1.54, 1.807) is 42.6 Å². The van der Waals surface area contributed by atoms with Crippen LogP contribution >= 0.6 is 34.8 Å². The number of carbonyl (C=O) groups is 1. The molecule has 0 saturated heterocycles. The molecule has 5 rings (SSSR count). The highest BCUT2D eigenvalue weighted by Crippen LogP contribution is 2.39. The van der Waals surface area contributed by atoms with Crippen LogP contribution in [0.2, 0.25) is 15.2 Å². The number of anilines is 1. The van der Waals surface area contributed by atoms with Crippen LogP contribution in [0.15, 0.2) is 54.7 Å². The second-order valence-electron chi connectivity index (χ2n) is 8.56. The van der Waals surface area contributed by atoms with E-state index in [1.807, 2.05) is 11.6 Å². The van der Waals surface area contributed by atoms with Crippen molar-refractivity contribution < 1.29 is 9.18 Å². The number of imidazole rings is 1. The van der Waals surface area contributed by atoms with Gasteiger partial charge >= 0.3 is 0 Å². The number of rotatable bonds is 5. The van der Waals surface area contributed by atoms with Crippen molar-refractivity contribution in [3.05, 3.63) is 98.5 Å². The van der Waals surface area contributed by atoms with Gasteiger partial charge < -0.3 is 9.88 Å². The molecule has 1 N–H and O–H groups in total. The highest BCUT2D eigenvalue weighted by Gasteiger charge is 2.26. The molecule has 2 aromatic carbocycles. The van der Waals surface area contributed by atoms with E-state index in [0.717, 1.165) is 29.9 Å². The molecule has 0 radical (unpaired) electrons. The number of benzene rings is 2. The molecule has 0 atom stereocenters. The molecule has 0 spiro atoms. The summed E-state index contributed by atoms with van der Waals surface area (Å²) >= 11 is 19.0. The van der Waals surface area contributed by atoms with E-state index in [2.05, 4.69) is 20.2 Å². The van der Waals surface area contributed by atoms with Gasteiger partial charge in [0.2, 0.25) is 0 Å². The van der Waals surface area contributed by atoms with Crippen LogP contribution in [0.5, 0.6) is 0 Å². The molecule has 184 valence electrons. The van der Waals surface area contributed by atoms with Crippen LogP contribution in [0, 0.1) is 5.82 Å². The second kappa shape index (κ2) is 10.2. The van der Waals surface area contributed by atoms with E-state index < -0.39 is 0 Å². The van der Waals surface area contributed by atoms with E-state index in [0.29, 0.717) is 40.8 Å². The summed E-state index contributed by atoms with van der Waals surface area (Å²) in [7, 11) is 1.84. The molecule has 10 heteroatoms. The summed E-state index contributed by atoms with van der Waals surface area (Å²) in [6, 6.07) is 13.5. The van der Waals surface area contributed by atoms with Crippen LogP contribution in [-0.2, 0) is 26.6 Å². The third kappa shape index (κ3) is 4.84. The smallest absolute Gasteiger partial charge is 0.291 e. The lowest BCUT2D eigenvalue weighted by atomic mass is 10.1. The largest absolute Gasteiger partial charge is 0.327 e. The Labute approximate surface area is 222 Å². The van der Waals surface area contributed by atoms with Crippen LogP contribution in [0.25, 0.3) is 11.1 Å². The monoisotopic (exact) mass is 543 g/mol. The third-order valence-corrected chi connectivity index (χ3v) is 7.41. The summed E-state index contributed by atoms with van der Waals surface area (Å²) in [4.78, 5) is 24.1. The minimum Gasteiger partial charge on any atom is -0.327 e. The molecule has 0 bridgehead atoms. The third-order valence-electron chi connectivity index (χ3n) is 6.24. The average Bonchev–Trinajstić information content (AvgIpc) is 3.19. The quantitative estimate of drug-likeness (QED) is 0.296. The predicted octanol–water partition coefficient (Wildman–Crippen LogP) is 6.39. The van der Waals surface area contributed by atoms with E-state index in [1.165, 1.54) is 12.1 Å². The summed E-state index contributed by atoms with van der Waals surface area (Å²) in [5.74, 6) is -0.316. The van der Waals surface area contributed by atoms with E-state index in [4.69, 9.17) is 34.8 Å².